The molecule has 1 aromatic carbocycles. The van der Waals surface area contributed by atoms with Crippen LogP contribution in [-0.4, -0.2) is 14.8 Å². The minimum Gasteiger partial charge on any atom is -0.242 e. The normalized spacial score (nSPS) is 15.1. The molecule has 3 rings (SSSR count). The first-order valence-corrected chi connectivity index (χ1v) is 6.03. The van der Waals surface area contributed by atoms with Gasteiger partial charge >= 0.3 is 6.18 Å². The highest BCUT2D eigenvalue weighted by Crippen LogP contribution is 2.39. The van der Waals surface area contributed by atoms with Gasteiger partial charge < -0.3 is 0 Å². The quantitative estimate of drug-likeness (QED) is 0.847. The van der Waals surface area contributed by atoms with Crippen LogP contribution in [0.15, 0.2) is 24.3 Å². The molecule has 1 saturated carbocycles. The fourth-order valence-corrected chi connectivity index (χ4v) is 1.91. The monoisotopic (exact) mass is 278 g/mol. The lowest BCUT2D eigenvalue weighted by atomic mass is 10.1. The minimum absolute atomic E-state index is 0.00996. The van der Waals surface area contributed by atoms with E-state index in [0.717, 1.165) is 12.8 Å². The average Bonchev–Trinajstić information content (AvgIpc) is 3.16. The maximum absolute atomic E-state index is 12.7. The molecule has 20 heavy (non-hydrogen) atoms. The van der Waals surface area contributed by atoms with Crippen molar-refractivity contribution in [2.75, 3.05) is 0 Å². The lowest BCUT2D eigenvalue weighted by molar-refractivity contribution is -0.145. The van der Waals surface area contributed by atoms with Crippen LogP contribution in [0.1, 0.15) is 30.3 Å². The SMILES string of the molecule is N#Cc1ccc(-c2nc(C(F)(F)F)nn2C2CC2)cc1. The van der Waals surface area contributed by atoms with E-state index in [-0.39, 0.29) is 11.9 Å². The first-order chi connectivity index (χ1) is 9.49. The van der Waals surface area contributed by atoms with Crippen LogP contribution >= 0.6 is 0 Å². The van der Waals surface area contributed by atoms with Gasteiger partial charge in [-0.2, -0.15) is 18.4 Å². The van der Waals surface area contributed by atoms with E-state index in [0.29, 0.717) is 11.1 Å². The molecule has 1 heterocycles. The molecule has 4 nitrogen and oxygen atoms in total. The van der Waals surface area contributed by atoms with Crippen molar-refractivity contribution in [1.82, 2.24) is 14.8 Å². The van der Waals surface area contributed by atoms with Gasteiger partial charge in [-0.1, -0.05) is 0 Å². The molecular weight excluding hydrogens is 269 g/mol. The van der Waals surface area contributed by atoms with Crippen LogP contribution in [0, 0.1) is 11.3 Å². The van der Waals surface area contributed by atoms with Gasteiger partial charge in [0.05, 0.1) is 17.7 Å². The van der Waals surface area contributed by atoms with E-state index in [1.807, 2.05) is 6.07 Å². The minimum atomic E-state index is -4.55. The summed E-state index contributed by atoms with van der Waals surface area (Å²) in [6.07, 6.45) is -2.94. The number of benzene rings is 1. The zero-order valence-corrected chi connectivity index (χ0v) is 10.2. The van der Waals surface area contributed by atoms with Crippen LogP contribution < -0.4 is 0 Å². The Balaban J connectivity index is 2.07. The van der Waals surface area contributed by atoms with E-state index < -0.39 is 12.0 Å². The predicted octanol–water partition coefficient (Wildman–Crippen LogP) is 3.17. The molecule has 1 aliphatic carbocycles. The topological polar surface area (TPSA) is 54.5 Å². The van der Waals surface area contributed by atoms with Crippen molar-refractivity contribution in [3.63, 3.8) is 0 Å². The molecule has 7 heteroatoms. The van der Waals surface area contributed by atoms with Crippen molar-refractivity contribution in [3.8, 4) is 17.5 Å². The van der Waals surface area contributed by atoms with Crippen molar-refractivity contribution >= 4 is 0 Å². The van der Waals surface area contributed by atoms with Crippen molar-refractivity contribution in [2.45, 2.75) is 25.1 Å². The summed E-state index contributed by atoms with van der Waals surface area (Å²) in [5.74, 6) is -0.923. The van der Waals surface area contributed by atoms with Gasteiger partial charge in [-0.05, 0) is 37.1 Å². The fraction of sp³-hybridized carbons (Fsp3) is 0.308. The molecule has 1 fully saturated rings. The molecular formula is C13H9F3N4. The van der Waals surface area contributed by atoms with Gasteiger partial charge in [0.2, 0.25) is 0 Å². The molecule has 0 spiro atoms. The van der Waals surface area contributed by atoms with Crippen LogP contribution in [-0.2, 0) is 6.18 Å². The zero-order valence-electron chi connectivity index (χ0n) is 10.2. The van der Waals surface area contributed by atoms with Crippen LogP contribution in [0.2, 0.25) is 0 Å². The number of nitriles is 1. The zero-order chi connectivity index (χ0) is 14.3. The summed E-state index contributed by atoms with van der Waals surface area (Å²) >= 11 is 0. The molecule has 102 valence electrons. The molecule has 0 amide bonds. The summed E-state index contributed by atoms with van der Waals surface area (Å²) in [7, 11) is 0. The van der Waals surface area contributed by atoms with Crippen LogP contribution in [0.5, 0.6) is 0 Å². The lowest BCUT2D eigenvalue weighted by Gasteiger charge is -2.03. The average molecular weight is 278 g/mol. The number of alkyl halides is 3. The first-order valence-electron chi connectivity index (χ1n) is 6.03. The van der Waals surface area contributed by atoms with Crippen LogP contribution in [0.3, 0.4) is 0 Å². The van der Waals surface area contributed by atoms with Crippen LogP contribution in [0.25, 0.3) is 11.4 Å². The van der Waals surface area contributed by atoms with E-state index in [4.69, 9.17) is 5.26 Å². The van der Waals surface area contributed by atoms with Gasteiger partial charge in [0.25, 0.3) is 5.82 Å². The number of hydrogen-bond donors (Lipinski definition) is 0. The molecule has 0 aliphatic heterocycles. The van der Waals surface area contributed by atoms with Gasteiger partial charge in [0.15, 0.2) is 5.82 Å². The third kappa shape index (κ3) is 2.25. The van der Waals surface area contributed by atoms with Crippen molar-refractivity contribution in [3.05, 3.63) is 35.7 Å². The second-order valence-electron chi connectivity index (χ2n) is 4.62. The van der Waals surface area contributed by atoms with Crippen molar-refractivity contribution < 1.29 is 13.2 Å². The molecule has 0 atom stereocenters. The molecule has 2 aromatic rings. The van der Waals surface area contributed by atoms with E-state index in [2.05, 4.69) is 10.1 Å². The van der Waals surface area contributed by atoms with E-state index in [1.165, 1.54) is 4.68 Å². The van der Waals surface area contributed by atoms with Crippen molar-refractivity contribution in [2.24, 2.45) is 0 Å². The Hall–Kier alpha value is -2.36. The Morgan fingerprint density at radius 3 is 2.35 bits per heavy atom. The molecule has 0 unspecified atom stereocenters. The second kappa shape index (κ2) is 4.34. The van der Waals surface area contributed by atoms with Gasteiger partial charge in [0, 0.05) is 5.56 Å². The van der Waals surface area contributed by atoms with Gasteiger partial charge in [-0.15, -0.1) is 5.10 Å². The largest absolute Gasteiger partial charge is 0.453 e. The Labute approximate surface area is 112 Å². The molecule has 1 aromatic heterocycles. The lowest BCUT2D eigenvalue weighted by Crippen LogP contribution is -2.08. The second-order valence-corrected chi connectivity index (χ2v) is 4.62. The number of aromatic nitrogens is 3. The number of nitrogens with zero attached hydrogens (tertiary/aromatic N) is 4. The van der Waals surface area contributed by atoms with Gasteiger partial charge in [-0.25, -0.2) is 9.67 Å². The Bertz CT molecular complexity index is 675. The maximum Gasteiger partial charge on any atom is 0.453 e. The standard InChI is InChI=1S/C13H9F3N4/c14-13(15,16)12-18-11(20(19-12)10-5-6-10)9-3-1-8(7-17)2-4-9/h1-4,10H,5-6H2. The highest BCUT2D eigenvalue weighted by molar-refractivity contribution is 5.57. The first kappa shape index (κ1) is 12.7. The third-order valence-corrected chi connectivity index (χ3v) is 3.05. The molecule has 0 N–H and O–H groups in total. The predicted molar refractivity (Wildman–Crippen MR) is 63.4 cm³/mol. The number of rotatable bonds is 2. The molecule has 1 aliphatic rings. The molecule has 0 bridgehead atoms. The molecule has 0 radical (unpaired) electrons. The highest BCUT2D eigenvalue weighted by Gasteiger charge is 2.39. The summed E-state index contributed by atoms with van der Waals surface area (Å²) in [6, 6.07) is 8.22. The van der Waals surface area contributed by atoms with E-state index in [9.17, 15) is 13.2 Å². The number of hydrogen-bond acceptors (Lipinski definition) is 3. The van der Waals surface area contributed by atoms with E-state index in [1.54, 1.807) is 24.3 Å². The smallest absolute Gasteiger partial charge is 0.242 e. The Morgan fingerprint density at radius 2 is 1.85 bits per heavy atom. The third-order valence-electron chi connectivity index (χ3n) is 3.05. The Morgan fingerprint density at radius 1 is 1.20 bits per heavy atom. The summed E-state index contributed by atoms with van der Waals surface area (Å²) < 4.78 is 39.5. The Kier molecular flexibility index (Phi) is 2.74. The number of halogens is 3. The highest BCUT2D eigenvalue weighted by atomic mass is 19.4. The van der Waals surface area contributed by atoms with Crippen molar-refractivity contribution in [1.29, 1.82) is 5.26 Å². The molecule has 0 saturated heterocycles. The van der Waals surface area contributed by atoms with E-state index >= 15 is 0 Å². The van der Waals surface area contributed by atoms with Crippen LogP contribution in [0.4, 0.5) is 13.2 Å². The summed E-state index contributed by atoms with van der Waals surface area (Å²) in [5.41, 5.74) is 0.973. The fourth-order valence-electron chi connectivity index (χ4n) is 1.91. The summed E-state index contributed by atoms with van der Waals surface area (Å²) in [5, 5.41) is 12.3. The van der Waals surface area contributed by atoms with Gasteiger partial charge in [-0.3, -0.25) is 0 Å². The van der Waals surface area contributed by atoms with Gasteiger partial charge in [0.1, 0.15) is 0 Å². The maximum atomic E-state index is 12.7. The summed E-state index contributed by atoms with van der Waals surface area (Å²) in [4.78, 5) is 3.61. The summed E-state index contributed by atoms with van der Waals surface area (Å²) in [6.45, 7) is 0.